The number of fused-ring (bicyclic) bond motifs is 1. The van der Waals surface area contributed by atoms with Crippen LogP contribution >= 0.6 is 11.3 Å². The molecule has 4 heteroatoms. The summed E-state index contributed by atoms with van der Waals surface area (Å²) < 4.78 is 6.15. The SMILES string of the molecule is Cc1cc(O)cc2c(-c3cccs3)c(-c3ccc(O)cc3)oc12. The topological polar surface area (TPSA) is 53.6 Å². The molecule has 23 heavy (non-hydrogen) atoms. The van der Waals surface area contributed by atoms with Crippen molar-refractivity contribution in [2.75, 3.05) is 0 Å². The van der Waals surface area contributed by atoms with Crippen molar-refractivity contribution in [3.05, 3.63) is 59.5 Å². The van der Waals surface area contributed by atoms with Gasteiger partial charge in [0.05, 0.1) is 0 Å². The molecule has 114 valence electrons. The predicted molar refractivity (Wildman–Crippen MR) is 93.0 cm³/mol. The lowest BCUT2D eigenvalue weighted by molar-refractivity contribution is 0.474. The summed E-state index contributed by atoms with van der Waals surface area (Å²) in [6.45, 7) is 1.92. The number of aromatic hydroxyl groups is 2. The molecule has 0 fully saturated rings. The van der Waals surface area contributed by atoms with E-state index in [1.54, 1.807) is 35.6 Å². The Balaban J connectivity index is 2.09. The molecule has 0 unspecified atom stereocenters. The van der Waals surface area contributed by atoms with Crippen molar-refractivity contribution < 1.29 is 14.6 Å². The summed E-state index contributed by atoms with van der Waals surface area (Å²) in [6, 6.07) is 14.4. The van der Waals surface area contributed by atoms with Crippen LogP contribution in [0.15, 0.2) is 58.3 Å². The Morgan fingerprint density at radius 2 is 1.74 bits per heavy atom. The molecule has 0 aliphatic heterocycles. The van der Waals surface area contributed by atoms with E-state index in [1.807, 2.05) is 36.6 Å². The second kappa shape index (κ2) is 5.18. The van der Waals surface area contributed by atoms with Crippen molar-refractivity contribution in [3.8, 4) is 33.3 Å². The molecule has 0 atom stereocenters. The molecule has 2 aromatic heterocycles. The fraction of sp³-hybridized carbons (Fsp3) is 0.0526. The molecule has 3 nitrogen and oxygen atoms in total. The molecule has 0 amide bonds. The first-order valence-electron chi connectivity index (χ1n) is 7.23. The number of hydrogen-bond acceptors (Lipinski definition) is 4. The third-order valence-electron chi connectivity index (χ3n) is 3.86. The summed E-state index contributed by atoms with van der Waals surface area (Å²) in [5.41, 5.74) is 3.53. The average Bonchev–Trinajstić information content (AvgIpc) is 3.14. The summed E-state index contributed by atoms with van der Waals surface area (Å²) in [5.74, 6) is 1.19. The van der Waals surface area contributed by atoms with E-state index < -0.39 is 0 Å². The van der Waals surface area contributed by atoms with Gasteiger partial charge in [-0.2, -0.15) is 0 Å². The maximum absolute atomic E-state index is 9.98. The molecule has 4 aromatic rings. The van der Waals surface area contributed by atoms with Crippen LogP contribution in [0.5, 0.6) is 11.5 Å². The standard InChI is InChI=1S/C19H14O3S/c1-11-9-14(21)10-15-17(16-3-2-8-23-16)19(22-18(11)15)12-4-6-13(20)7-5-12/h2-10,20-21H,1H3. The zero-order chi connectivity index (χ0) is 16.0. The highest BCUT2D eigenvalue weighted by molar-refractivity contribution is 7.13. The molecule has 0 radical (unpaired) electrons. The number of rotatable bonds is 2. The lowest BCUT2D eigenvalue weighted by atomic mass is 10.0. The Hall–Kier alpha value is -2.72. The van der Waals surface area contributed by atoms with Crippen LogP contribution in [-0.4, -0.2) is 10.2 Å². The normalized spacial score (nSPS) is 11.2. The molecular weight excluding hydrogens is 308 g/mol. The first-order valence-corrected chi connectivity index (χ1v) is 8.11. The predicted octanol–water partition coefficient (Wildman–Crippen LogP) is 5.55. The highest BCUT2D eigenvalue weighted by Crippen LogP contribution is 2.44. The van der Waals surface area contributed by atoms with Gasteiger partial charge < -0.3 is 14.6 Å². The Morgan fingerprint density at radius 3 is 2.43 bits per heavy atom. The summed E-state index contributed by atoms with van der Waals surface area (Å²) in [4.78, 5) is 1.08. The van der Waals surface area contributed by atoms with Gasteiger partial charge in [-0.1, -0.05) is 6.07 Å². The van der Waals surface area contributed by atoms with Gasteiger partial charge in [0.1, 0.15) is 22.8 Å². The van der Waals surface area contributed by atoms with E-state index >= 15 is 0 Å². The lowest BCUT2D eigenvalue weighted by Gasteiger charge is -2.02. The van der Waals surface area contributed by atoms with Crippen LogP contribution in [0.1, 0.15) is 5.56 Å². The van der Waals surface area contributed by atoms with Crippen LogP contribution < -0.4 is 0 Å². The van der Waals surface area contributed by atoms with Gasteiger partial charge in [-0.05, 0) is 60.3 Å². The van der Waals surface area contributed by atoms with Crippen molar-refractivity contribution in [1.82, 2.24) is 0 Å². The van der Waals surface area contributed by atoms with Crippen LogP contribution in [0.3, 0.4) is 0 Å². The van der Waals surface area contributed by atoms with Gasteiger partial charge in [0.2, 0.25) is 0 Å². The zero-order valence-electron chi connectivity index (χ0n) is 12.4. The van der Waals surface area contributed by atoms with Crippen LogP contribution in [0.25, 0.3) is 32.7 Å². The van der Waals surface area contributed by atoms with Crippen molar-refractivity contribution in [2.24, 2.45) is 0 Å². The van der Waals surface area contributed by atoms with E-state index in [0.717, 1.165) is 38.3 Å². The molecule has 0 saturated heterocycles. The number of phenolic OH excluding ortho intramolecular Hbond substituents is 2. The highest BCUT2D eigenvalue weighted by atomic mass is 32.1. The summed E-state index contributed by atoms with van der Waals surface area (Å²) in [7, 11) is 0. The van der Waals surface area contributed by atoms with Gasteiger partial charge in [0, 0.05) is 21.4 Å². The zero-order valence-corrected chi connectivity index (χ0v) is 13.2. The maximum atomic E-state index is 9.98. The highest BCUT2D eigenvalue weighted by Gasteiger charge is 2.20. The molecule has 2 heterocycles. The summed E-state index contributed by atoms with van der Waals surface area (Å²) in [6.07, 6.45) is 0. The van der Waals surface area contributed by atoms with Gasteiger partial charge in [0.25, 0.3) is 0 Å². The smallest absolute Gasteiger partial charge is 0.144 e. The van der Waals surface area contributed by atoms with Crippen molar-refractivity contribution in [3.63, 3.8) is 0 Å². The number of furan rings is 1. The van der Waals surface area contributed by atoms with Gasteiger partial charge in [0.15, 0.2) is 0 Å². The van der Waals surface area contributed by atoms with Crippen LogP contribution in [0.2, 0.25) is 0 Å². The van der Waals surface area contributed by atoms with Crippen LogP contribution in [-0.2, 0) is 0 Å². The molecule has 0 saturated carbocycles. The lowest BCUT2D eigenvalue weighted by Crippen LogP contribution is -1.78. The first kappa shape index (κ1) is 13.9. The van der Waals surface area contributed by atoms with E-state index in [4.69, 9.17) is 4.42 Å². The minimum absolute atomic E-state index is 0.219. The molecule has 4 rings (SSSR count). The van der Waals surface area contributed by atoms with Crippen molar-refractivity contribution in [2.45, 2.75) is 6.92 Å². The number of thiophene rings is 1. The Bertz CT molecular complexity index is 980. The summed E-state index contributed by atoms with van der Waals surface area (Å²) >= 11 is 1.63. The van der Waals surface area contributed by atoms with E-state index in [2.05, 4.69) is 0 Å². The second-order valence-electron chi connectivity index (χ2n) is 5.47. The molecule has 2 N–H and O–H groups in total. The van der Waals surface area contributed by atoms with E-state index in [9.17, 15) is 10.2 Å². The number of hydrogen-bond donors (Lipinski definition) is 2. The Kier molecular flexibility index (Phi) is 3.13. The minimum atomic E-state index is 0.219. The van der Waals surface area contributed by atoms with E-state index in [0.29, 0.717) is 0 Å². The molecule has 0 spiro atoms. The summed E-state index contributed by atoms with van der Waals surface area (Å²) in [5, 5.41) is 22.4. The maximum Gasteiger partial charge on any atom is 0.144 e. The Morgan fingerprint density at radius 1 is 0.957 bits per heavy atom. The van der Waals surface area contributed by atoms with Crippen molar-refractivity contribution in [1.29, 1.82) is 0 Å². The number of benzene rings is 2. The third-order valence-corrected chi connectivity index (χ3v) is 4.74. The monoisotopic (exact) mass is 322 g/mol. The second-order valence-corrected chi connectivity index (χ2v) is 6.42. The Labute approximate surface area is 137 Å². The average molecular weight is 322 g/mol. The van der Waals surface area contributed by atoms with Crippen molar-refractivity contribution >= 4 is 22.3 Å². The fourth-order valence-corrected chi connectivity index (χ4v) is 3.61. The minimum Gasteiger partial charge on any atom is -0.508 e. The quantitative estimate of drug-likeness (QED) is 0.509. The van der Waals surface area contributed by atoms with Gasteiger partial charge in [-0.3, -0.25) is 0 Å². The molecule has 0 bridgehead atoms. The molecule has 0 aliphatic carbocycles. The fourth-order valence-electron chi connectivity index (χ4n) is 2.83. The van der Waals surface area contributed by atoms with E-state index in [1.165, 1.54) is 0 Å². The number of phenols is 2. The molecule has 2 aromatic carbocycles. The van der Waals surface area contributed by atoms with Crippen LogP contribution in [0.4, 0.5) is 0 Å². The first-order chi connectivity index (χ1) is 11.1. The van der Waals surface area contributed by atoms with Gasteiger partial charge >= 0.3 is 0 Å². The van der Waals surface area contributed by atoms with Gasteiger partial charge in [-0.15, -0.1) is 11.3 Å². The molecule has 0 aliphatic rings. The third kappa shape index (κ3) is 2.28. The largest absolute Gasteiger partial charge is 0.508 e. The number of aryl methyl sites for hydroxylation is 1. The molecular formula is C19H14O3S. The van der Waals surface area contributed by atoms with Crippen LogP contribution in [0, 0.1) is 6.92 Å². The van der Waals surface area contributed by atoms with Gasteiger partial charge in [-0.25, -0.2) is 0 Å². The van der Waals surface area contributed by atoms with E-state index in [-0.39, 0.29) is 11.5 Å².